The van der Waals surface area contributed by atoms with Crippen LogP contribution >= 0.6 is 11.8 Å². The van der Waals surface area contributed by atoms with Crippen LogP contribution in [0.1, 0.15) is 53.8 Å². The van der Waals surface area contributed by atoms with Crippen LogP contribution in [0.2, 0.25) is 0 Å². The Kier molecular flexibility index (Phi) is 6.54. The number of hydrogen-bond donors (Lipinski definition) is 0. The first-order valence-corrected chi connectivity index (χ1v) is 12.8. The lowest BCUT2D eigenvalue weighted by Gasteiger charge is -2.35. The summed E-state index contributed by atoms with van der Waals surface area (Å²) in [6.07, 6.45) is 8.17. The topological polar surface area (TPSA) is 73.4 Å². The fourth-order valence-electron chi connectivity index (χ4n) is 4.79. The highest BCUT2D eigenvalue weighted by Crippen LogP contribution is 2.35. The first-order valence-electron chi connectivity index (χ1n) is 11.8. The van der Waals surface area contributed by atoms with Crippen LogP contribution in [-0.4, -0.2) is 47.2 Å². The van der Waals surface area contributed by atoms with Crippen LogP contribution in [0.5, 0.6) is 0 Å². The highest BCUT2D eigenvalue weighted by molar-refractivity contribution is 7.99. The van der Waals surface area contributed by atoms with E-state index in [-0.39, 0.29) is 5.91 Å². The molecule has 7 heteroatoms. The van der Waals surface area contributed by atoms with Crippen LogP contribution < -0.4 is 4.90 Å². The third-order valence-electron chi connectivity index (χ3n) is 6.67. The number of thioether (sulfide) groups is 1. The Labute approximate surface area is 198 Å². The summed E-state index contributed by atoms with van der Waals surface area (Å²) in [5.74, 6) is 2.07. The van der Waals surface area contributed by atoms with Crippen LogP contribution in [0.4, 0.5) is 5.82 Å². The van der Waals surface area contributed by atoms with Crippen molar-refractivity contribution in [3.05, 3.63) is 59.5 Å². The molecule has 170 valence electrons. The number of nitrogens with zero attached hydrogens (tertiary/aromatic N) is 4. The number of carbonyl (C=O) groups excluding carboxylic acids is 1. The van der Waals surface area contributed by atoms with Gasteiger partial charge in [-0.3, -0.25) is 4.79 Å². The standard InChI is InChI=1S/C26H28N4O2S/c27-17-19-10-11-28-24(16-19)29-12-14-30(15-13-29)26(31)25-22(18-33-20-6-2-1-3-7-20)21-8-4-5-9-23(21)32-25/h4-5,8-11,16,20H,1-3,6-7,12-15,18H2. The Bertz CT molecular complexity index is 1170. The van der Waals surface area contributed by atoms with Crippen molar-refractivity contribution in [2.45, 2.75) is 43.1 Å². The minimum atomic E-state index is -0.0242. The van der Waals surface area contributed by atoms with Gasteiger partial charge in [-0.05, 0) is 31.0 Å². The molecule has 1 aliphatic carbocycles. The number of fused-ring (bicyclic) bond motifs is 1. The molecule has 2 aliphatic rings. The second kappa shape index (κ2) is 9.88. The lowest BCUT2D eigenvalue weighted by atomic mass is 10.0. The molecule has 0 unspecified atom stereocenters. The van der Waals surface area contributed by atoms with E-state index in [2.05, 4.69) is 22.0 Å². The number of aromatic nitrogens is 1. The largest absolute Gasteiger partial charge is 0.451 e. The zero-order valence-electron chi connectivity index (χ0n) is 18.7. The van der Waals surface area contributed by atoms with Gasteiger partial charge in [-0.15, -0.1) is 0 Å². The number of carbonyl (C=O) groups is 1. The van der Waals surface area contributed by atoms with E-state index in [1.165, 1.54) is 32.1 Å². The molecule has 1 aliphatic heterocycles. The molecule has 2 aromatic heterocycles. The van der Waals surface area contributed by atoms with Gasteiger partial charge < -0.3 is 14.2 Å². The number of piperazine rings is 1. The highest BCUT2D eigenvalue weighted by Gasteiger charge is 2.29. The predicted octanol–water partition coefficient (Wildman–Crippen LogP) is 5.23. The molecule has 6 nitrogen and oxygen atoms in total. The van der Waals surface area contributed by atoms with Crippen molar-refractivity contribution < 1.29 is 9.21 Å². The molecule has 1 saturated heterocycles. The Balaban J connectivity index is 1.31. The molecule has 0 bridgehead atoms. The van der Waals surface area contributed by atoms with E-state index in [0.717, 1.165) is 28.1 Å². The SMILES string of the molecule is N#Cc1ccnc(N2CCN(C(=O)c3oc4ccccc4c3CSC3CCCCC3)CC2)c1. The molecule has 0 N–H and O–H groups in total. The minimum Gasteiger partial charge on any atom is -0.451 e. The molecule has 3 aromatic rings. The van der Waals surface area contributed by atoms with Crippen molar-refractivity contribution in [3.8, 4) is 6.07 Å². The number of anilines is 1. The van der Waals surface area contributed by atoms with E-state index in [4.69, 9.17) is 9.68 Å². The van der Waals surface area contributed by atoms with Gasteiger partial charge in [0.1, 0.15) is 11.4 Å². The predicted molar refractivity (Wildman–Crippen MR) is 131 cm³/mol. The Hall–Kier alpha value is -2.98. The van der Waals surface area contributed by atoms with Crippen molar-refractivity contribution in [1.82, 2.24) is 9.88 Å². The van der Waals surface area contributed by atoms with E-state index in [9.17, 15) is 4.79 Å². The summed E-state index contributed by atoms with van der Waals surface area (Å²) in [5.41, 5.74) is 2.43. The molecule has 0 atom stereocenters. The van der Waals surface area contributed by atoms with Gasteiger partial charge in [-0.2, -0.15) is 17.0 Å². The third-order valence-corrected chi connectivity index (χ3v) is 8.07. The first-order chi connectivity index (χ1) is 16.2. The van der Waals surface area contributed by atoms with Crippen LogP contribution in [0.25, 0.3) is 11.0 Å². The number of para-hydroxylation sites is 1. The fourth-order valence-corrected chi connectivity index (χ4v) is 6.15. The summed E-state index contributed by atoms with van der Waals surface area (Å²) >= 11 is 1.98. The monoisotopic (exact) mass is 460 g/mol. The lowest BCUT2D eigenvalue weighted by molar-refractivity contribution is 0.0715. The Morgan fingerprint density at radius 2 is 1.91 bits per heavy atom. The molecule has 1 saturated carbocycles. The van der Waals surface area contributed by atoms with E-state index in [1.807, 2.05) is 34.9 Å². The third kappa shape index (κ3) is 4.72. The zero-order chi connectivity index (χ0) is 22.6. The van der Waals surface area contributed by atoms with Gasteiger partial charge in [0.05, 0.1) is 11.6 Å². The summed E-state index contributed by atoms with van der Waals surface area (Å²) in [7, 11) is 0. The molecular weight excluding hydrogens is 432 g/mol. The number of hydrogen-bond acceptors (Lipinski definition) is 6. The molecule has 0 radical (unpaired) electrons. The molecule has 3 heterocycles. The van der Waals surface area contributed by atoms with Crippen LogP contribution in [0, 0.1) is 11.3 Å². The van der Waals surface area contributed by atoms with Crippen LogP contribution in [0.15, 0.2) is 47.0 Å². The van der Waals surface area contributed by atoms with E-state index in [1.54, 1.807) is 18.3 Å². The van der Waals surface area contributed by atoms with E-state index < -0.39 is 0 Å². The quantitative estimate of drug-likeness (QED) is 0.519. The number of furan rings is 1. The Morgan fingerprint density at radius 3 is 2.70 bits per heavy atom. The molecule has 33 heavy (non-hydrogen) atoms. The van der Waals surface area contributed by atoms with Gasteiger partial charge in [0.2, 0.25) is 0 Å². The lowest BCUT2D eigenvalue weighted by Crippen LogP contribution is -2.49. The van der Waals surface area contributed by atoms with E-state index >= 15 is 0 Å². The highest BCUT2D eigenvalue weighted by atomic mass is 32.2. The normalized spacial score (nSPS) is 17.3. The van der Waals surface area contributed by atoms with Crippen molar-refractivity contribution in [3.63, 3.8) is 0 Å². The average Bonchev–Trinajstić information content (AvgIpc) is 3.26. The zero-order valence-corrected chi connectivity index (χ0v) is 19.5. The maximum Gasteiger partial charge on any atom is 0.290 e. The summed E-state index contributed by atoms with van der Waals surface area (Å²) in [6.45, 7) is 2.56. The molecule has 2 fully saturated rings. The van der Waals surface area contributed by atoms with Gasteiger partial charge in [0.25, 0.3) is 5.91 Å². The Morgan fingerprint density at radius 1 is 1.12 bits per heavy atom. The van der Waals surface area contributed by atoms with Gasteiger partial charge in [0, 0.05) is 54.3 Å². The van der Waals surface area contributed by atoms with Gasteiger partial charge >= 0.3 is 0 Å². The second-order valence-corrected chi connectivity index (χ2v) is 10.1. The first kappa shape index (κ1) is 21.8. The number of pyridine rings is 1. The number of rotatable bonds is 5. The van der Waals surface area contributed by atoms with Gasteiger partial charge in [0.15, 0.2) is 5.76 Å². The van der Waals surface area contributed by atoms with Gasteiger partial charge in [-0.1, -0.05) is 37.5 Å². The van der Waals surface area contributed by atoms with Crippen molar-refractivity contribution in [2.24, 2.45) is 0 Å². The van der Waals surface area contributed by atoms with Crippen molar-refractivity contribution in [1.29, 1.82) is 5.26 Å². The summed E-state index contributed by atoms with van der Waals surface area (Å²) in [4.78, 5) is 21.9. The van der Waals surface area contributed by atoms with Crippen LogP contribution in [0.3, 0.4) is 0 Å². The minimum absolute atomic E-state index is 0.0242. The van der Waals surface area contributed by atoms with Crippen LogP contribution in [-0.2, 0) is 5.75 Å². The molecule has 0 spiro atoms. The molecule has 1 aromatic carbocycles. The van der Waals surface area contributed by atoms with Crippen molar-refractivity contribution in [2.75, 3.05) is 31.1 Å². The summed E-state index contributed by atoms with van der Waals surface area (Å²) in [6, 6.07) is 13.7. The second-order valence-electron chi connectivity index (χ2n) is 8.77. The summed E-state index contributed by atoms with van der Waals surface area (Å²) in [5, 5.41) is 10.9. The average molecular weight is 461 g/mol. The molecule has 5 rings (SSSR count). The maximum atomic E-state index is 13.5. The fraction of sp³-hybridized carbons (Fsp3) is 0.423. The van der Waals surface area contributed by atoms with Gasteiger partial charge in [-0.25, -0.2) is 4.98 Å². The maximum absolute atomic E-state index is 13.5. The molecular formula is C26H28N4O2S. The summed E-state index contributed by atoms with van der Waals surface area (Å²) < 4.78 is 6.13. The number of nitriles is 1. The van der Waals surface area contributed by atoms with Crippen molar-refractivity contribution >= 4 is 34.5 Å². The smallest absolute Gasteiger partial charge is 0.290 e. The number of benzene rings is 1. The molecule has 1 amide bonds. The van der Waals surface area contributed by atoms with E-state index in [0.29, 0.717) is 42.8 Å². The number of amides is 1.